The molecule has 3 rings (SSSR count). The topological polar surface area (TPSA) is 61.8 Å². The molecule has 0 bridgehead atoms. The maximum absolute atomic E-state index is 12.9. The van der Waals surface area contributed by atoms with Crippen molar-refractivity contribution >= 4 is 20.3 Å². The summed E-state index contributed by atoms with van der Waals surface area (Å²) in [6.07, 6.45) is 1.37. The van der Waals surface area contributed by atoms with Crippen LogP contribution in [0.1, 0.15) is 53.9 Å². The van der Waals surface area contributed by atoms with Crippen molar-refractivity contribution in [2.75, 3.05) is 7.11 Å². The maximum atomic E-state index is 12.9. The van der Waals surface area contributed by atoms with Crippen LogP contribution in [0.5, 0.6) is 0 Å². The minimum absolute atomic E-state index is 0.0509. The van der Waals surface area contributed by atoms with Crippen molar-refractivity contribution < 1.29 is 23.5 Å². The van der Waals surface area contributed by atoms with Gasteiger partial charge in [0.15, 0.2) is 8.32 Å². The minimum Gasteiger partial charge on any atom is -0.469 e. The molecule has 2 aliphatic carbocycles. The van der Waals surface area contributed by atoms with Gasteiger partial charge >= 0.3 is 11.9 Å². The molecule has 0 N–H and O–H groups in total. The fraction of sp³-hybridized carbons (Fsp3) is 0.818. The first-order valence-electron chi connectivity index (χ1n) is 10.8. The largest absolute Gasteiger partial charge is 0.469 e. The molecule has 2 saturated carbocycles. The zero-order valence-electron chi connectivity index (χ0n) is 18.3. The van der Waals surface area contributed by atoms with Gasteiger partial charge in [-0.2, -0.15) is 0 Å². The summed E-state index contributed by atoms with van der Waals surface area (Å²) in [6, 6.07) is 3.06. The highest BCUT2D eigenvalue weighted by molar-refractivity contribution is 6.73. The molecular weight excluding hydrogens is 372 g/mol. The van der Waals surface area contributed by atoms with E-state index >= 15 is 0 Å². The molecule has 0 spiro atoms. The lowest BCUT2D eigenvalue weighted by molar-refractivity contribution is -0.153. The Morgan fingerprint density at radius 3 is 2.36 bits per heavy atom. The number of esters is 2. The van der Waals surface area contributed by atoms with Gasteiger partial charge in [-0.3, -0.25) is 9.59 Å². The molecule has 3 fully saturated rings. The number of carbonyl (C=O) groups is 2. The van der Waals surface area contributed by atoms with Gasteiger partial charge in [0.05, 0.1) is 18.9 Å². The van der Waals surface area contributed by atoms with Crippen LogP contribution < -0.4 is 0 Å². The Labute approximate surface area is 170 Å². The van der Waals surface area contributed by atoms with Crippen LogP contribution in [-0.4, -0.2) is 39.6 Å². The van der Waals surface area contributed by atoms with E-state index in [0.29, 0.717) is 0 Å². The summed E-state index contributed by atoms with van der Waals surface area (Å²) in [5, 5.41) is 0. The molecule has 6 atom stereocenters. The molecule has 1 aliphatic heterocycles. The zero-order valence-corrected chi connectivity index (χ0v) is 19.3. The highest BCUT2D eigenvalue weighted by atomic mass is 28.4. The van der Waals surface area contributed by atoms with Crippen LogP contribution in [0.25, 0.3) is 0 Å². The van der Waals surface area contributed by atoms with Crippen LogP contribution >= 0.6 is 0 Å². The van der Waals surface area contributed by atoms with Crippen molar-refractivity contribution in [2.45, 2.75) is 84.2 Å². The second-order valence-electron chi connectivity index (χ2n) is 9.46. The molecule has 1 heterocycles. The average molecular weight is 409 g/mol. The quantitative estimate of drug-likeness (QED) is 0.353. The molecule has 0 aromatic carbocycles. The summed E-state index contributed by atoms with van der Waals surface area (Å²) in [4.78, 5) is 25.1. The maximum Gasteiger partial charge on any atom is 0.312 e. The highest BCUT2D eigenvalue weighted by Crippen LogP contribution is 2.68. The molecule has 158 valence electrons. The minimum atomic E-state index is -1.95. The van der Waals surface area contributed by atoms with E-state index in [9.17, 15) is 9.59 Å². The van der Waals surface area contributed by atoms with Crippen molar-refractivity contribution in [2.24, 2.45) is 22.7 Å². The molecule has 6 heteroatoms. The van der Waals surface area contributed by atoms with Crippen LogP contribution in [0.3, 0.4) is 0 Å². The lowest BCUT2D eigenvalue weighted by Crippen LogP contribution is -2.56. The highest BCUT2D eigenvalue weighted by Gasteiger charge is 2.71. The van der Waals surface area contributed by atoms with Gasteiger partial charge in [0.1, 0.15) is 12.2 Å². The summed E-state index contributed by atoms with van der Waals surface area (Å²) >= 11 is 0. The van der Waals surface area contributed by atoms with Crippen molar-refractivity contribution in [3.05, 3.63) is 12.2 Å². The molecule has 0 amide bonds. The molecule has 28 heavy (non-hydrogen) atoms. The molecule has 5 nitrogen and oxygen atoms in total. The van der Waals surface area contributed by atoms with Gasteiger partial charge in [-0.25, -0.2) is 0 Å². The number of rotatable bonds is 7. The predicted octanol–water partition coefficient (Wildman–Crippen LogP) is 4.47. The summed E-state index contributed by atoms with van der Waals surface area (Å²) in [7, 11) is -0.519. The van der Waals surface area contributed by atoms with Gasteiger partial charge in [-0.15, -0.1) is 0 Å². The number of carbonyl (C=O) groups excluding carboxylic acids is 2. The summed E-state index contributed by atoms with van der Waals surface area (Å²) in [6.45, 7) is 15.2. The number of ether oxygens (including phenoxy) is 2. The zero-order chi connectivity index (χ0) is 20.9. The standard InChI is InChI=1S/C22H36O5Si/c1-8-28(9-2,10-3)27-17-14(4)15(13-16(23)25-7)21(5)11-12-22(6)19(21)18(17)26-20(22)24/h15,17-19H,4,8-13H2,1-3,5-7H3/t15-,17?,18?,19?,21?,22?/m0/s1. The third kappa shape index (κ3) is 2.90. The molecular formula is C22H36O5Si. The Morgan fingerprint density at radius 2 is 1.82 bits per heavy atom. The normalized spacial score (nSPS) is 39.6. The fourth-order valence-electron chi connectivity index (χ4n) is 6.35. The Kier molecular flexibility index (Phi) is 5.60. The number of hydrogen-bond acceptors (Lipinski definition) is 5. The van der Waals surface area contributed by atoms with Crippen molar-refractivity contribution in [1.82, 2.24) is 0 Å². The second-order valence-corrected chi connectivity index (χ2v) is 14.2. The SMILES string of the molecule is C=C1C(O[Si](CC)(CC)CC)C2OC(=O)C3(C)CCC(C)(C23)[C@H]1CC(=O)OC. The fourth-order valence-corrected chi connectivity index (χ4v) is 9.17. The third-order valence-electron chi connectivity index (χ3n) is 8.43. The van der Waals surface area contributed by atoms with E-state index in [2.05, 4.69) is 34.3 Å². The molecule has 1 saturated heterocycles. The summed E-state index contributed by atoms with van der Waals surface area (Å²) in [5.41, 5.74) is 0.219. The van der Waals surface area contributed by atoms with Gasteiger partial charge in [0, 0.05) is 5.92 Å². The van der Waals surface area contributed by atoms with E-state index in [1.54, 1.807) is 0 Å². The second kappa shape index (κ2) is 7.28. The Hall–Kier alpha value is -1.14. The van der Waals surface area contributed by atoms with Gasteiger partial charge in [0.2, 0.25) is 0 Å². The van der Waals surface area contributed by atoms with Crippen LogP contribution in [0, 0.1) is 22.7 Å². The molecule has 0 radical (unpaired) electrons. The number of methoxy groups -OCH3 is 1. The molecule has 5 unspecified atom stereocenters. The van der Waals surface area contributed by atoms with Crippen molar-refractivity contribution in [3.63, 3.8) is 0 Å². The smallest absolute Gasteiger partial charge is 0.312 e. The first kappa shape index (κ1) is 21.6. The van der Waals surface area contributed by atoms with E-state index in [-0.39, 0.29) is 47.8 Å². The first-order chi connectivity index (χ1) is 13.1. The van der Waals surface area contributed by atoms with Crippen LogP contribution in [0.15, 0.2) is 12.2 Å². The van der Waals surface area contributed by atoms with Gasteiger partial charge in [-0.1, -0.05) is 34.3 Å². The lowest BCUT2D eigenvalue weighted by Gasteiger charge is -2.52. The van der Waals surface area contributed by atoms with Gasteiger partial charge in [0.25, 0.3) is 0 Å². The first-order valence-corrected chi connectivity index (χ1v) is 13.3. The van der Waals surface area contributed by atoms with Gasteiger partial charge in [-0.05, 0) is 54.8 Å². The predicted molar refractivity (Wildman–Crippen MR) is 110 cm³/mol. The van der Waals surface area contributed by atoms with Crippen molar-refractivity contribution in [3.8, 4) is 0 Å². The Balaban J connectivity index is 2.05. The monoisotopic (exact) mass is 408 g/mol. The van der Waals surface area contributed by atoms with E-state index in [4.69, 9.17) is 13.9 Å². The average Bonchev–Trinajstić information content (AvgIpc) is 3.12. The molecule has 0 aromatic heterocycles. The van der Waals surface area contributed by atoms with E-state index in [1.165, 1.54) is 7.11 Å². The summed E-state index contributed by atoms with van der Waals surface area (Å²) in [5.74, 6) is -0.341. The Bertz CT molecular complexity index is 664. The van der Waals surface area contributed by atoms with Crippen LogP contribution in [0.2, 0.25) is 18.1 Å². The molecule has 0 aromatic rings. The molecule has 3 aliphatic rings. The lowest BCUT2D eigenvalue weighted by atomic mass is 9.55. The van der Waals surface area contributed by atoms with Crippen molar-refractivity contribution in [1.29, 1.82) is 0 Å². The van der Waals surface area contributed by atoms with Gasteiger partial charge < -0.3 is 13.9 Å². The Morgan fingerprint density at radius 1 is 1.21 bits per heavy atom. The van der Waals surface area contributed by atoms with Crippen LogP contribution in [0.4, 0.5) is 0 Å². The van der Waals surface area contributed by atoms with E-state index in [1.807, 2.05) is 6.92 Å². The third-order valence-corrected chi connectivity index (χ3v) is 13.1. The summed E-state index contributed by atoms with van der Waals surface area (Å²) < 4.78 is 17.9. The van der Waals surface area contributed by atoms with E-state index < -0.39 is 13.7 Å². The van der Waals surface area contributed by atoms with E-state index in [0.717, 1.165) is 36.5 Å². The number of hydrogen-bond donors (Lipinski definition) is 0. The van der Waals surface area contributed by atoms with Crippen LogP contribution in [-0.2, 0) is 23.5 Å².